The van der Waals surface area contributed by atoms with E-state index in [1.165, 1.54) is 11.1 Å². The van der Waals surface area contributed by atoms with E-state index in [1.54, 1.807) is 7.05 Å². The van der Waals surface area contributed by atoms with Crippen molar-refractivity contribution < 1.29 is 9.53 Å². The monoisotopic (exact) mass is 217 g/mol. The van der Waals surface area contributed by atoms with E-state index in [-0.39, 0.29) is 12.2 Å². The van der Waals surface area contributed by atoms with E-state index < -0.39 is 0 Å². The standard InChI is InChI=1S/C13H15NO2/c1-14-13(15)16-12-8-11(9-12)7-10-5-3-2-4-6-10/h2-7,12H,8-9H2,1H3,(H,14,15). The Morgan fingerprint density at radius 2 is 2.06 bits per heavy atom. The van der Waals surface area contributed by atoms with Crippen LogP contribution >= 0.6 is 0 Å². The lowest BCUT2D eigenvalue weighted by Gasteiger charge is -2.28. The van der Waals surface area contributed by atoms with Crippen molar-refractivity contribution in [2.75, 3.05) is 7.05 Å². The third-order valence-corrected chi connectivity index (χ3v) is 2.63. The van der Waals surface area contributed by atoms with Gasteiger partial charge in [-0.1, -0.05) is 42.0 Å². The van der Waals surface area contributed by atoms with E-state index in [9.17, 15) is 4.79 Å². The fourth-order valence-corrected chi connectivity index (χ4v) is 1.72. The Morgan fingerprint density at radius 3 is 2.69 bits per heavy atom. The number of hydrogen-bond acceptors (Lipinski definition) is 2. The number of carbonyl (C=O) groups is 1. The van der Waals surface area contributed by atoms with Crippen molar-refractivity contribution in [3.05, 3.63) is 41.5 Å². The summed E-state index contributed by atoms with van der Waals surface area (Å²) >= 11 is 0. The molecule has 1 fully saturated rings. The van der Waals surface area contributed by atoms with Crippen LogP contribution < -0.4 is 5.32 Å². The molecule has 0 aliphatic heterocycles. The van der Waals surface area contributed by atoms with Crippen LogP contribution in [0.3, 0.4) is 0 Å². The molecule has 84 valence electrons. The van der Waals surface area contributed by atoms with Gasteiger partial charge in [-0.15, -0.1) is 0 Å². The summed E-state index contributed by atoms with van der Waals surface area (Å²) in [7, 11) is 1.57. The van der Waals surface area contributed by atoms with Crippen LogP contribution in [0.5, 0.6) is 0 Å². The predicted molar refractivity (Wildman–Crippen MR) is 63.0 cm³/mol. The molecule has 0 bridgehead atoms. The maximum Gasteiger partial charge on any atom is 0.407 e. The Morgan fingerprint density at radius 1 is 1.38 bits per heavy atom. The minimum absolute atomic E-state index is 0.0508. The Balaban J connectivity index is 1.84. The minimum Gasteiger partial charge on any atom is -0.446 e. The van der Waals surface area contributed by atoms with Crippen molar-refractivity contribution >= 4 is 12.2 Å². The summed E-state index contributed by atoms with van der Waals surface area (Å²) < 4.78 is 5.11. The van der Waals surface area contributed by atoms with Gasteiger partial charge in [0.15, 0.2) is 0 Å². The molecule has 0 saturated heterocycles. The second kappa shape index (κ2) is 4.84. The number of alkyl carbamates (subject to hydrolysis) is 1. The zero-order valence-corrected chi connectivity index (χ0v) is 9.27. The van der Waals surface area contributed by atoms with Gasteiger partial charge in [0.25, 0.3) is 0 Å². The van der Waals surface area contributed by atoms with Crippen LogP contribution in [0.25, 0.3) is 6.08 Å². The van der Waals surface area contributed by atoms with Crippen molar-refractivity contribution in [2.24, 2.45) is 0 Å². The summed E-state index contributed by atoms with van der Waals surface area (Å²) in [4.78, 5) is 10.9. The highest BCUT2D eigenvalue weighted by Gasteiger charge is 2.26. The molecule has 0 spiro atoms. The van der Waals surface area contributed by atoms with Gasteiger partial charge in [-0.3, -0.25) is 0 Å². The lowest BCUT2D eigenvalue weighted by Crippen LogP contribution is -2.31. The fourth-order valence-electron chi connectivity index (χ4n) is 1.72. The van der Waals surface area contributed by atoms with Gasteiger partial charge in [-0.05, 0) is 5.56 Å². The highest BCUT2D eigenvalue weighted by molar-refractivity contribution is 5.67. The molecule has 1 aliphatic rings. The van der Waals surface area contributed by atoms with E-state index >= 15 is 0 Å². The smallest absolute Gasteiger partial charge is 0.407 e. The maximum absolute atomic E-state index is 10.9. The van der Waals surface area contributed by atoms with E-state index in [0.29, 0.717) is 0 Å². The highest BCUT2D eigenvalue weighted by Crippen LogP contribution is 2.30. The van der Waals surface area contributed by atoms with E-state index in [2.05, 4.69) is 23.5 Å². The molecule has 1 aromatic rings. The minimum atomic E-state index is -0.344. The van der Waals surface area contributed by atoms with Gasteiger partial charge < -0.3 is 10.1 Å². The maximum atomic E-state index is 10.9. The van der Waals surface area contributed by atoms with Gasteiger partial charge >= 0.3 is 6.09 Å². The number of amides is 1. The summed E-state index contributed by atoms with van der Waals surface area (Å²) in [5.41, 5.74) is 2.54. The second-order valence-electron chi connectivity index (χ2n) is 3.90. The number of ether oxygens (including phenoxy) is 1. The van der Waals surface area contributed by atoms with Crippen LogP contribution in [0.1, 0.15) is 18.4 Å². The average Bonchev–Trinajstić information content (AvgIpc) is 2.27. The molecule has 1 aliphatic carbocycles. The number of nitrogens with one attached hydrogen (secondary N) is 1. The van der Waals surface area contributed by atoms with Gasteiger partial charge in [-0.25, -0.2) is 4.79 Å². The molecule has 0 heterocycles. The molecule has 0 radical (unpaired) electrons. The predicted octanol–water partition coefficient (Wildman–Crippen LogP) is 2.59. The number of hydrogen-bond donors (Lipinski definition) is 1. The summed E-state index contributed by atoms with van der Waals surface area (Å²) in [5, 5.41) is 2.45. The Bertz CT molecular complexity index is 390. The van der Waals surface area contributed by atoms with Crippen LogP contribution in [-0.4, -0.2) is 19.2 Å². The zero-order chi connectivity index (χ0) is 11.4. The third-order valence-electron chi connectivity index (χ3n) is 2.63. The topological polar surface area (TPSA) is 38.3 Å². The summed E-state index contributed by atoms with van der Waals surface area (Å²) in [6.07, 6.45) is 3.56. The van der Waals surface area contributed by atoms with Gasteiger partial charge in [0.1, 0.15) is 6.10 Å². The molecule has 0 unspecified atom stereocenters. The van der Waals surface area contributed by atoms with Gasteiger partial charge in [0, 0.05) is 19.9 Å². The van der Waals surface area contributed by atoms with E-state index in [0.717, 1.165) is 12.8 Å². The molecule has 3 heteroatoms. The first-order chi connectivity index (χ1) is 7.78. The molecule has 0 aromatic heterocycles. The van der Waals surface area contributed by atoms with Crippen LogP contribution in [0.15, 0.2) is 35.9 Å². The first-order valence-electron chi connectivity index (χ1n) is 5.41. The van der Waals surface area contributed by atoms with Gasteiger partial charge in [0.2, 0.25) is 0 Å². The summed E-state index contributed by atoms with van der Waals surface area (Å²) in [6, 6.07) is 10.2. The third kappa shape index (κ3) is 2.63. The Kier molecular flexibility index (Phi) is 3.25. The molecule has 0 atom stereocenters. The molecule has 3 nitrogen and oxygen atoms in total. The normalized spacial score (nSPS) is 18.6. The van der Waals surface area contributed by atoms with Gasteiger partial charge in [-0.2, -0.15) is 0 Å². The molecule has 1 amide bonds. The highest BCUT2D eigenvalue weighted by atomic mass is 16.6. The molecule has 1 saturated carbocycles. The fraction of sp³-hybridized carbons (Fsp3) is 0.308. The first kappa shape index (κ1) is 10.7. The summed E-state index contributed by atoms with van der Waals surface area (Å²) in [5.74, 6) is 0. The second-order valence-corrected chi connectivity index (χ2v) is 3.90. The number of carbonyl (C=O) groups excluding carboxylic acids is 1. The Labute approximate surface area is 95.1 Å². The van der Waals surface area contributed by atoms with Crippen LogP contribution in [-0.2, 0) is 4.74 Å². The van der Waals surface area contributed by atoms with Crippen molar-refractivity contribution in [3.63, 3.8) is 0 Å². The van der Waals surface area contributed by atoms with Crippen molar-refractivity contribution in [1.82, 2.24) is 5.32 Å². The van der Waals surface area contributed by atoms with Crippen molar-refractivity contribution in [3.8, 4) is 0 Å². The van der Waals surface area contributed by atoms with Crippen LogP contribution in [0, 0.1) is 0 Å². The average molecular weight is 217 g/mol. The van der Waals surface area contributed by atoms with Crippen molar-refractivity contribution in [2.45, 2.75) is 18.9 Å². The first-order valence-corrected chi connectivity index (χ1v) is 5.41. The SMILES string of the molecule is CNC(=O)OC1CC(=Cc2ccccc2)C1. The molecular weight excluding hydrogens is 202 g/mol. The van der Waals surface area contributed by atoms with Crippen LogP contribution in [0.4, 0.5) is 4.79 Å². The largest absolute Gasteiger partial charge is 0.446 e. The number of benzene rings is 1. The molecular formula is C13H15NO2. The zero-order valence-electron chi connectivity index (χ0n) is 9.27. The lowest BCUT2D eigenvalue weighted by molar-refractivity contribution is 0.0789. The molecule has 16 heavy (non-hydrogen) atoms. The van der Waals surface area contributed by atoms with Gasteiger partial charge in [0.05, 0.1) is 0 Å². The molecule has 1 N–H and O–H groups in total. The van der Waals surface area contributed by atoms with E-state index in [4.69, 9.17) is 4.74 Å². The molecule has 1 aromatic carbocycles. The quantitative estimate of drug-likeness (QED) is 0.826. The van der Waals surface area contributed by atoms with E-state index in [1.807, 2.05) is 18.2 Å². The summed E-state index contributed by atoms with van der Waals surface area (Å²) in [6.45, 7) is 0. The lowest BCUT2D eigenvalue weighted by atomic mass is 9.87. The van der Waals surface area contributed by atoms with Crippen molar-refractivity contribution in [1.29, 1.82) is 0 Å². The Hall–Kier alpha value is -1.77. The molecule has 2 rings (SSSR count). The number of rotatable bonds is 2. The van der Waals surface area contributed by atoms with Crippen LogP contribution in [0.2, 0.25) is 0 Å².